The van der Waals surface area contributed by atoms with Gasteiger partial charge in [0.25, 0.3) is 5.69 Å². The summed E-state index contributed by atoms with van der Waals surface area (Å²) in [5.41, 5.74) is 1.28. The van der Waals surface area contributed by atoms with Crippen molar-refractivity contribution >= 4 is 40.5 Å². The van der Waals surface area contributed by atoms with Crippen LogP contribution in [0, 0.1) is 10.1 Å². The Hall–Kier alpha value is -1.29. The average Bonchev–Trinajstić information content (AvgIpc) is 2.42. The van der Waals surface area contributed by atoms with E-state index in [0.29, 0.717) is 27.6 Å². The number of nitro groups is 1. The van der Waals surface area contributed by atoms with Crippen LogP contribution >= 0.6 is 34.8 Å². The summed E-state index contributed by atoms with van der Waals surface area (Å²) in [6.07, 6.45) is 0.304. The van der Waals surface area contributed by atoms with E-state index in [1.807, 2.05) is 0 Å². The van der Waals surface area contributed by atoms with Gasteiger partial charge in [0.05, 0.1) is 20.3 Å². The van der Waals surface area contributed by atoms with E-state index in [4.69, 9.17) is 34.8 Å². The van der Waals surface area contributed by atoms with Crippen molar-refractivity contribution in [1.29, 1.82) is 0 Å². The van der Waals surface area contributed by atoms with Gasteiger partial charge in [-0.2, -0.15) is 0 Å². The summed E-state index contributed by atoms with van der Waals surface area (Å²) in [6, 6.07) is 11.7. The molecule has 6 heteroatoms. The van der Waals surface area contributed by atoms with Gasteiger partial charge in [-0.15, -0.1) is 11.6 Å². The molecule has 1 unspecified atom stereocenters. The lowest BCUT2D eigenvalue weighted by molar-refractivity contribution is -0.385. The van der Waals surface area contributed by atoms with Gasteiger partial charge in [0.2, 0.25) is 0 Å². The van der Waals surface area contributed by atoms with E-state index >= 15 is 0 Å². The standard InChI is InChI=1S/C14H10Cl3NO2/c15-11-6-3-5-10(14(11)17)12(16)8-9-4-1-2-7-13(9)18(19)20/h1-7,12H,8H2. The highest BCUT2D eigenvalue weighted by Gasteiger charge is 2.19. The molecular weight excluding hydrogens is 321 g/mol. The number of halogens is 3. The molecule has 0 heterocycles. The zero-order valence-corrected chi connectivity index (χ0v) is 12.5. The Balaban J connectivity index is 2.30. The minimum absolute atomic E-state index is 0.0521. The predicted octanol–water partition coefficient (Wildman–Crippen LogP) is 5.42. The number of rotatable bonds is 4. The molecule has 0 radical (unpaired) electrons. The number of benzene rings is 2. The normalized spacial score (nSPS) is 12.2. The Morgan fingerprint density at radius 3 is 2.50 bits per heavy atom. The summed E-state index contributed by atoms with van der Waals surface area (Å²) in [7, 11) is 0. The molecule has 20 heavy (non-hydrogen) atoms. The molecule has 0 N–H and O–H groups in total. The number of nitro benzene ring substituents is 1. The molecule has 0 aromatic heterocycles. The van der Waals surface area contributed by atoms with Crippen molar-refractivity contribution in [1.82, 2.24) is 0 Å². The SMILES string of the molecule is O=[N+]([O-])c1ccccc1CC(Cl)c1cccc(Cl)c1Cl. The average molecular weight is 331 g/mol. The van der Waals surface area contributed by atoms with Crippen LogP contribution in [-0.2, 0) is 6.42 Å². The Morgan fingerprint density at radius 1 is 1.10 bits per heavy atom. The summed E-state index contributed by atoms with van der Waals surface area (Å²) < 4.78 is 0. The first-order valence-corrected chi connectivity index (χ1v) is 7.00. The van der Waals surface area contributed by atoms with Crippen LogP contribution < -0.4 is 0 Å². The lowest BCUT2D eigenvalue weighted by Gasteiger charge is -2.12. The molecule has 104 valence electrons. The maximum atomic E-state index is 11.0. The molecule has 3 nitrogen and oxygen atoms in total. The van der Waals surface area contributed by atoms with Crippen LogP contribution in [0.15, 0.2) is 42.5 Å². The van der Waals surface area contributed by atoms with E-state index < -0.39 is 10.3 Å². The summed E-state index contributed by atoms with van der Waals surface area (Å²) >= 11 is 18.4. The highest BCUT2D eigenvalue weighted by atomic mass is 35.5. The molecule has 2 aromatic carbocycles. The van der Waals surface area contributed by atoms with Crippen molar-refractivity contribution in [3.8, 4) is 0 Å². The number of alkyl halides is 1. The molecule has 0 aliphatic rings. The Morgan fingerprint density at radius 2 is 1.80 bits per heavy atom. The van der Waals surface area contributed by atoms with E-state index in [1.54, 1.807) is 36.4 Å². The summed E-state index contributed by atoms with van der Waals surface area (Å²) in [5, 5.41) is 11.3. The second-order valence-corrected chi connectivity index (χ2v) is 5.51. The molecule has 0 saturated carbocycles. The molecule has 0 aliphatic heterocycles. The molecule has 1 atom stereocenters. The van der Waals surface area contributed by atoms with E-state index in [9.17, 15) is 10.1 Å². The third-order valence-corrected chi connectivity index (χ3v) is 4.13. The van der Waals surface area contributed by atoms with Crippen LogP contribution in [-0.4, -0.2) is 4.92 Å². The van der Waals surface area contributed by atoms with Crippen molar-refractivity contribution in [2.75, 3.05) is 0 Å². The van der Waals surface area contributed by atoms with Gasteiger partial charge in [0.1, 0.15) is 0 Å². The van der Waals surface area contributed by atoms with Crippen molar-refractivity contribution in [3.63, 3.8) is 0 Å². The molecule has 2 rings (SSSR count). The van der Waals surface area contributed by atoms with Crippen molar-refractivity contribution < 1.29 is 4.92 Å². The van der Waals surface area contributed by atoms with Gasteiger partial charge in [0, 0.05) is 11.6 Å². The lowest BCUT2D eigenvalue weighted by atomic mass is 10.0. The quantitative estimate of drug-likeness (QED) is 0.426. The number of hydrogen-bond acceptors (Lipinski definition) is 2. The van der Waals surface area contributed by atoms with Gasteiger partial charge in [-0.1, -0.05) is 53.5 Å². The van der Waals surface area contributed by atoms with Gasteiger partial charge in [-0.05, 0) is 18.1 Å². The van der Waals surface area contributed by atoms with E-state index in [-0.39, 0.29) is 5.69 Å². The molecule has 2 aromatic rings. The number of nitrogens with zero attached hydrogens (tertiary/aromatic N) is 1. The summed E-state index contributed by atoms with van der Waals surface area (Å²) in [4.78, 5) is 10.6. The highest BCUT2D eigenvalue weighted by Crippen LogP contribution is 2.36. The molecule has 0 bridgehead atoms. The molecule has 0 amide bonds. The van der Waals surface area contributed by atoms with Gasteiger partial charge in [-0.3, -0.25) is 10.1 Å². The van der Waals surface area contributed by atoms with E-state index in [2.05, 4.69) is 0 Å². The largest absolute Gasteiger partial charge is 0.272 e. The zero-order valence-electron chi connectivity index (χ0n) is 10.2. The van der Waals surface area contributed by atoms with E-state index in [1.165, 1.54) is 6.07 Å². The van der Waals surface area contributed by atoms with Crippen molar-refractivity contribution in [2.24, 2.45) is 0 Å². The summed E-state index contributed by atoms with van der Waals surface area (Å²) in [6.45, 7) is 0. The Kier molecular flexibility index (Phi) is 4.86. The minimum Gasteiger partial charge on any atom is -0.258 e. The predicted molar refractivity (Wildman–Crippen MR) is 81.9 cm³/mol. The van der Waals surface area contributed by atoms with Gasteiger partial charge < -0.3 is 0 Å². The molecule has 0 spiro atoms. The van der Waals surface area contributed by atoms with Crippen LogP contribution in [0.25, 0.3) is 0 Å². The van der Waals surface area contributed by atoms with Gasteiger partial charge >= 0.3 is 0 Å². The Labute approximate surface area is 131 Å². The fraction of sp³-hybridized carbons (Fsp3) is 0.143. The zero-order chi connectivity index (χ0) is 14.7. The van der Waals surface area contributed by atoms with Crippen LogP contribution in [0.3, 0.4) is 0 Å². The van der Waals surface area contributed by atoms with Crippen LogP contribution in [0.1, 0.15) is 16.5 Å². The topological polar surface area (TPSA) is 43.1 Å². The Bertz CT molecular complexity index is 646. The van der Waals surface area contributed by atoms with Crippen molar-refractivity contribution in [3.05, 3.63) is 73.8 Å². The third kappa shape index (κ3) is 3.23. The molecule has 0 fully saturated rings. The van der Waals surface area contributed by atoms with Crippen LogP contribution in [0.2, 0.25) is 10.0 Å². The first-order valence-electron chi connectivity index (χ1n) is 5.81. The fourth-order valence-electron chi connectivity index (χ4n) is 1.93. The molecule has 0 saturated heterocycles. The fourth-order valence-corrected chi connectivity index (χ4v) is 2.77. The second kappa shape index (κ2) is 6.44. The first kappa shape index (κ1) is 15.1. The highest BCUT2D eigenvalue weighted by molar-refractivity contribution is 6.43. The minimum atomic E-state index is -0.484. The summed E-state index contributed by atoms with van der Waals surface area (Å²) in [5.74, 6) is 0. The smallest absolute Gasteiger partial charge is 0.258 e. The molecule has 0 aliphatic carbocycles. The van der Waals surface area contributed by atoms with Gasteiger partial charge in [0.15, 0.2) is 0 Å². The van der Waals surface area contributed by atoms with E-state index in [0.717, 1.165) is 0 Å². The maximum Gasteiger partial charge on any atom is 0.272 e. The second-order valence-electron chi connectivity index (χ2n) is 4.20. The van der Waals surface area contributed by atoms with Crippen LogP contribution in [0.5, 0.6) is 0 Å². The molecular formula is C14H10Cl3NO2. The van der Waals surface area contributed by atoms with Crippen molar-refractivity contribution in [2.45, 2.75) is 11.8 Å². The maximum absolute atomic E-state index is 11.0. The number of hydrogen-bond donors (Lipinski definition) is 0. The lowest BCUT2D eigenvalue weighted by Crippen LogP contribution is -2.01. The first-order chi connectivity index (χ1) is 9.50. The van der Waals surface area contributed by atoms with Crippen LogP contribution in [0.4, 0.5) is 5.69 Å². The third-order valence-electron chi connectivity index (χ3n) is 2.91. The number of para-hydroxylation sites is 1. The monoisotopic (exact) mass is 329 g/mol. The van der Waals surface area contributed by atoms with Gasteiger partial charge in [-0.25, -0.2) is 0 Å².